The van der Waals surface area contributed by atoms with Crippen LogP contribution in [0.2, 0.25) is 17.7 Å². The first-order valence-electron chi connectivity index (χ1n) is 11.6. The Balaban J connectivity index is 2.47. The number of carbonyl (C=O) groups is 1. The summed E-state index contributed by atoms with van der Waals surface area (Å²) in [6.45, 7) is 11.7. The van der Waals surface area contributed by atoms with Gasteiger partial charge in [0.25, 0.3) is 0 Å². The second kappa shape index (κ2) is 16.3. The zero-order valence-electron chi connectivity index (χ0n) is 19.0. The van der Waals surface area contributed by atoms with E-state index < -0.39 is 18.4 Å². The van der Waals surface area contributed by atoms with Crippen LogP contribution >= 0.6 is 11.8 Å². The first kappa shape index (κ1) is 26.6. The summed E-state index contributed by atoms with van der Waals surface area (Å²) in [6, 6.07) is 10.2. The molecule has 0 saturated heterocycles. The van der Waals surface area contributed by atoms with Crippen molar-refractivity contribution in [1.29, 1.82) is 0 Å². The van der Waals surface area contributed by atoms with Crippen LogP contribution < -0.4 is 0 Å². The SMILES string of the molecule is C=C(COC(=O)CCSc1ccccc1)[CH2][Sn]([CH2]CCC)([CH2]CCC)[CH2]CCC. The molecular weight excluding hydrogens is 483 g/mol. The Morgan fingerprint density at radius 1 is 0.966 bits per heavy atom. The van der Waals surface area contributed by atoms with Gasteiger partial charge in [-0.3, -0.25) is 0 Å². The summed E-state index contributed by atoms with van der Waals surface area (Å²) in [4.78, 5) is 13.4. The normalized spacial score (nSPS) is 11.4. The molecule has 0 bridgehead atoms. The Labute approximate surface area is 188 Å². The van der Waals surface area contributed by atoms with Crippen molar-refractivity contribution in [2.75, 3.05) is 12.4 Å². The van der Waals surface area contributed by atoms with Gasteiger partial charge in [0.1, 0.15) is 0 Å². The third kappa shape index (κ3) is 12.1. The second-order valence-electron chi connectivity index (χ2n) is 8.31. The van der Waals surface area contributed by atoms with Crippen molar-refractivity contribution in [2.24, 2.45) is 0 Å². The van der Waals surface area contributed by atoms with Crippen molar-refractivity contribution < 1.29 is 9.53 Å². The van der Waals surface area contributed by atoms with E-state index in [1.165, 1.54) is 66.7 Å². The van der Waals surface area contributed by atoms with Crippen molar-refractivity contribution in [3.8, 4) is 0 Å². The Bertz CT molecular complexity index is 552. The van der Waals surface area contributed by atoms with Crippen LogP contribution in [0.4, 0.5) is 0 Å². The van der Waals surface area contributed by atoms with Gasteiger partial charge in [-0.25, -0.2) is 0 Å². The molecule has 164 valence electrons. The molecule has 2 nitrogen and oxygen atoms in total. The number of ether oxygens (including phenoxy) is 1. The Morgan fingerprint density at radius 2 is 1.52 bits per heavy atom. The van der Waals surface area contributed by atoms with Crippen molar-refractivity contribution >= 4 is 36.1 Å². The van der Waals surface area contributed by atoms with Crippen molar-refractivity contribution in [3.05, 3.63) is 42.5 Å². The minimum atomic E-state index is -2.23. The second-order valence-corrected chi connectivity index (χ2v) is 23.3. The number of unbranched alkanes of at least 4 members (excludes halogenated alkanes) is 3. The molecule has 0 radical (unpaired) electrons. The molecule has 1 aromatic rings. The number of rotatable bonds is 17. The van der Waals surface area contributed by atoms with Crippen LogP contribution in [-0.2, 0) is 9.53 Å². The van der Waals surface area contributed by atoms with Crippen LogP contribution in [0.5, 0.6) is 0 Å². The monoisotopic (exact) mass is 526 g/mol. The molecule has 29 heavy (non-hydrogen) atoms. The summed E-state index contributed by atoms with van der Waals surface area (Å²) in [6.07, 6.45) is 8.43. The maximum atomic E-state index is 12.2. The average Bonchev–Trinajstić information content (AvgIpc) is 2.74. The molecular formula is C25H42O2SSn. The van der Waals surface area contributed by atoms with Gasteiger partial charge in [0.15, 0.2) is 0 Å². The van der Waals surface area contributed by atoms with E-state index in [2.05, 4.69) is 39.5 Å². The molecule has 0 atom stereocenters. The third-order valence-corrected chi connectivity index (χ3v) is 22.3. The molecule has 0 spiro atoms. The molecule has 1 rings (SSSR count). The average molecular weight is 525 g/mol. The van der Waals surface area contributed by atoms with Gasteiger partial charge in [-0.1, -0.05) is 0 Å². The van der Waals surface area contributed by atoms with Crippen LogP contribution in [0.3, 0.4) is 0 Å². The summed E-state index contributed by atoms with van der Waals surface area (Å²) < 4.78 is 11.2. The molecule has 0 amide bonds. The first-order valence-corrected chi connectivity index (χ1v) is 20.6. The first-order chi connectivity index (χ1) is 14.0. The number of esters is 1. The van der Waals surface area contributed by atoms with Gasteiger partial charge in [-0.2, -0.15) is 0 Å². The molecule has 0 aliphatic rings. The summed E-state index contributed by atoms with van der Waals surface area (Å²) in [5.74, 6) is 0.674. The summed E-state index contributed by atoms with van der Waals surface area (Å²) >= 11 is -0.521. The predicted molar refractivity (Wildman–Crippen MR) is 132 cm³/mol. The van der Waals surface area contributed by atoms with Crippen LogP contribution in [0.25, 0.3) is 0 Å². The standard InChI is InChI=1S/C13H15O2S.3C4H9.Sn/c1-11(2)10-15-13(14)8-9-16-12-6-4-3-5-7-12;3*1-3-4-2;/h3-7H,1-2,8-10H2;3*1,3-4H2,2H3;. The molecule has 0 unspecified atom stereocenters. The van der Waals surface area contributed by atoms with Crippen molar-refractivity contribution in [3.63, 3.8) is 0 Å². The molecule has 0 aromatic heterocycles. The fourth-order valence-electron chi connectivity index (χ4n) is 3.90. The number of benzene rings is 1. The van der Waals surface area contributed by atoms with E-state index >= 15 is 0 Å². The van der Waals surface area contributed by atoms with Gasteiger partial charge < -0.3 is 0 Å². The van der Waals surface area contributed by atoms with Gasteiger partial charge in [0, 0.05) is 0 Å². The van der Waals surface area contributed by atoms with E-state index in [9.17, 15) is 4.79 Å². The Kier molecular flexibility index (Phi) is 15.0. The summed E-state index contributed by atoms with van der Waals surface area (Å²) in [7, 11) is 0. The number of thioether (sulfide) groups is 1. The van der Waals surface area contributed by atoms with Crippen LogP contribution in [-0.4, -0.2) is 36.7 Å². The van der Waals surface area contributed by atoms with Crippen LogP contribution in [0, 0.1) is 0 Å². The third-order valence-electron chi connectivity index (χ3n) is 5.56. The van der Waals surface area contributed by atoms with E-state index in [1.54, 1.807) is 11.8 Å². The molecule has 0 N–H and O–H groups in total. The molecule has 0 aliphatic heterocycles. The van der Waals surface area contributed by atoms with Gasteiger partial charge in [-0.05, 0) is 0 Å². The Morgan fingerprint density at radius 3 is 2.03 bits per heavy atom. The molecule has 0 heterocycles. The van der Waals surface area contributed by atoms with E-state index in [-0.39, 0.29) is 5.97 Å². The minimum absolute atomic E-state index is 0.0916. The maximum absolute atomic E-state index is 12.2. The van der Waals surface area contributed by atoms with Gasteiger partial charge in [-0.15, -0.1) is 0 Å². The van der Waals surface area contributed by atoms with E-state index in [1.807, 2.05) is 18.2 Å². The molecule has 4 heteroatoms. The molecule has 0 fully saturated rings. The van der Waals surface area contributed by atoms with Crippen LogP contribution in [0.15, 0.2) is 47.4 Å². The van der Waals surface area contributed by atoms with E-state index in [4.69, 9.17) is 4.74 Å². The number of hydrogen-bond donors (Lipinski definition) is 0. The number of carbonyl (C=O) groups excluding carboxylic acids is 1. The van der Waals surface area contributed by atoms with Crippen LogP contribution in [0.1, 0.15) is 65.7 Å². The van der Waals surface area contributed by atoms with Gasteiger partial charge in [0.05, 0.1) is 0 Å². The van der Waals surface area contributed by atoms with E-state index in [0.29, 0.717) is 13.0 Å². The van der Waals surface area contributed by atoms with E-state index in [0.717, 1.165) is 5.75 Å². The van der Waals surface area contributed by atoms with Crippen molar-refractivity contribution in [1.82, 2.24) is 0 Å². The zero-order chi connectivity index (χ0) is 21.4. The molecule has 0 aliphatic carbocycles. The summed E-state index contributed by atoms with van der Waals surface area (Å²) in [5, 5.41) is 0. The fraction of sp³-hybridized carbons (Fsp3) is 0.640. The topological polar surface area (TPSA) is 26.3 Å². The zero-order valence-corrected chi connectivity index (χ0v) is 22.7. The molecule has 1 aromatic carbocycles. The van der Waals surface area contributed by atoms with Gasteiger partial charge >= 0.3 is 189 Å². The fourth-order valence-corrected chi connectivity index (χ4v) is 21.2. The molecule has 0 saturated carbocycles. The summed E-state index contributed by atoms with van der Waals surface area (Å²) in [5.41, 5.74) is 1.17. The van der Waals surface area contributed by atoms with Gasteiger partial charge in [0.2, 0.25) is 0 Å². The predicted octanol–water partition coefficient (Wildman–Crippen LogP) is 8.12. The van der Waals surface area contributed by atoms with Crippen molar-refractivity contribution in [2.45, 2.75) is 88.4 Å². The number of hydrogen-bond acceptors (Lipinski definition) is 3. The quantitative estimate of drug-likeness (QED) is 0.0890. The Hall–Kier alpha value is -0.421.